The molecule has 3 rings (SSSR count). The predicted molar refractivity (Wildman–Crippen MR) is 104 cm³/mol. The van der Waals surface area contributed by atoms with Crippen LogP contribution in [-0.4, -0.2) is 42.9 Å². The van der Waals surface area contributed by atoms with Crippen molar-refractivity contribution in [2.45, 2.75) is 0 Å². The Balaban J connectivity index is 2.00. The first-order valence-electron chi connectivity index (χ1n) is 8.64. The number of hydrogen-bond donors (Lipinski definition) is 2. The predicted octanol–water partition coefficient (Wildman–Crippen LogP) is 2.21. The number of nitrogens with zero attached hydrogens (tertiary/aromatic N) is 2. The van der Waals surface area contributed by atoms with E-state index in [-0.39, 0.29) is 11.7 Å². The van der Waals surface area contributed by atoms with Gasteiger partial charge < -0.3 is 10.2 Å². The summed E-state index contributed by atoms with van der Waals surface area (Å²) in [6.07, 6.45) is 0. The second kappa shape index (κ2) is 8.33. The summed E-state index contributed by atoms with van der Waals surface area (Å²) < 4.78 is 14.8. The maximum atomic E-state index is 13.3. The molecule has 2 N–H and O–H groups in total. The Kier molecular flexibility index (Phi) is 5.88. The smallest absolute Gasteiger partial charge is 0.270 e. The standard InChI is InChI=1S/C20H20ClFN4O/c1-25(2)12-11-23-20(27)19-13-18(16-5-3-4-6-17(16)21)24-26(19)15-9-7-14(22)8-10-15/h3-10,13H,11-12H2,1-2H3,(H,23,27)/p+1. The summed E-state index contributed by atoms with van der Waals surface area (Å²) in [6, 6.07) is 14.8. The maximum absolute atomic E-state index is 13.3. The second-order valence-corrected chi connectivity index (χ2v) is 6.90. The van der Waals surface area contributed by atoms with Crippen LogP contribution in [0.4, 0.5) is 4.39 Å². The van der Waals surface area contributed by atoms with E-state index in [1.807, 2.05) is 32.3 Å². The normalized spacial score (nSPS) is 11.0. The van der Waals surface area contributed by atoms with Gasteiger partial charge in [-0.25, -0.2) is 9.07 Å². The van der Waals surface area contributed by atoms with Crippen molar-refractivity contribution >= 4 is 17.5 Å². The van der Waals surface area contributed by atoms with Crippen molar-refractivity contribution in [1.29, 1.82) is 0 Å². The van der Waals surface area contributed by atoms with Gasteiger partial charge in [0.15, 0.2) is 0 Å². The number of quaternary nitrogens is 1. The van der Waals surface area contributed by atoms with Crippen LogP contribution in [0.3, 0.4) is 0 Å². The lowest BCUT2D eigenvalue weighted by Crippen LogP contribution is -3.06. The van der Waals surface area contributed by atoms with E-state index in [4.69, 9.17) is 11.6 Å². The molecule has 7 heteroatoms. The van der Waals surface area contributed by atoms with E-state index < -0.39 is 0 Å². The molecule has 0 radical (unpaired) electrons. The molecule has 0 aliphatic carbocycles. The average molecular weight is 388 g/mol. The number of rotatable bonds is 6. The lowest BCUT2D eigenvalue weighted by atomic mass is 10.1. The summed E-state index contributed by atoms with van der Waals surface area (Å²) in [7, 11) is 4.04. The number of nitrogens with one attached hydrogen (secondary N) is 2. The fourth-order valence-electron chi connectivity index (χ4n) is 2.64. The highest BCUT2D eigenvalue weighted by molar-refractivity contribution is 6.33. The molecule has 0 bridgehead atoms. The molecule has 0 saturated carbocycles. The lowest BCUT2D eigenvalue weighted by Gasteiger charge is -2.10. The highest BCUT2D eigenvalue weighted by Crippen LogP contribution is 2.28. The molecular weight excluding hydrogens is 367 g/mol. The van der Waals surface area contributed by atoms with Gasteiger partial charge in [0.05, 0.1) is 43.6 Å². The van der Waals surface area contributed by atoms with Gasteiger partial charge in [0.25, 0.3) is 5.91 Å². The summed E-state index contributed by atoms with van der Waals surface area (Å²) in [5.74, 6) is -0.594. The first kappa shape index (κ1) is 19.1. The highest BCUT2D eigenvalue weighted by atomic mass is 35.5. The minimum absolute atomic E-state index is 0.244. The number of benzene rings is 2. The molecule has 0 spiro atoms. The zero-order valence-electron chi connectivity index (χ0n) is 15.2. The topological polar surface area (TPSA) is 51.4 Å². The Labute approximate surface area is 162 Å². The van der Waals surface area contributed by atoms with Crippen LogP contribution in [0.15, 0.2) is 54.6 Å². The van der Waals surface area contributed by atoms with Crippen LogP contribution in [-0.2, 0) is 0 Å². The number of amides is 1. The fraction of sp³-hybridized carbons (Fsp3) is 0.200. The zero-order chi connectivity index (χ0) is 19.4. The molecule has 1 aromatic heterocycles. The molecular formula is C20H21ClFN4O+. The van der Waals surface area contributed by atoms with Gasteiger partial charge in [-0.2, -0.15) is 5.10 Å². The van der Waals surface area contributed by atoms with E-state index in [2.05, 4.69) is 10.4 Å². The van der Waals surface area contributed by atoms with Gasteiger partial charge >= 0.3 is 0 Å². The molecule has 140 valence electrons. The van der Waals surface area contributed by atoms with Crippen LogP contribution in [0.25, 0.3) is 16.9 Å². The molecule has 0 fully saturated rings. The van der Waals surface area contributed by atoms with Gasteiger partial charge in [-0.1, -0.05) is 29.8 Å². The van der Waals surface area contributed by atoms with Crippen LogP contribution in [0, 0.1) is 5.82 Å². The maximum Gasteiger partial charge on any atom is 0.270 e. The van der Waals surface area contributed by atoms with E-state index in [0.717, 1.165) is 12.1 Å². The molecule has 2 aromatic carbocycles. The molecule has 0 saturated heterocycles. The van der Waals surface area contributed by atoms with Gasteiger partial charge in [-0.05, 0) is 36.4 Å². The third-order valence-corrected chi connectivity index (χ3v) is 4.40. The largest absolute Gasteiger partial charge is 0.345 e. The van der Waals surface area contributed by atoms with Crippen LogP contribution in [0.2, 0.25) is 5.02 Å². The summed E-state index contributed by atoms with van der Waals surface area (Å²) in [4.78, 5) is 14.0. The van der Waals surface area contributed by atoms with Crippen LogP contribution in [0.5, 0.6) is 0 Å². The van der Waals surface area contributed by atoms with Gasteiger partial charge in [-0.15, -0.1) is 0 Å². The van der Waals surface area contributed by atoms with Crippen molar-refractivity contribution in [2.75, 3.05) is 27.2 Å². The monoisotopic (exact) mass is 387 g/mol. The minimum atomic E-state index is -0.350. The Morgan fingerprint density at radius 3 is 2.56 bits per heavy atom. The molecule has 0 unspecified atom stereocenters. The second-order valence-electron chi connectivity index (χ2n) is 6.50. The van der Waals surface area contributed by atoms with Gasteiger partial charge in [0.2, 0.25) is 0 Å². The van der Waals surface area contributed by atoms with Crippen molar-refractivity contribution in [3.8, 4) is 16.9 Å². The van der Waals surface area contributed by atoms with Gasteiger partial charge in [0.1, 0.15) is 11.5 Å². The van der Waals surface area contributed by atoms with E-state index in [1.54, 1.807) is 24.3 Å². The molecule has 5 nitrogen and oxygen atoms in total. The van der Waals surface area contributed by atoms with E-state index in [9.17, 15) is 9.18 Å². The number of aromatic nitrogens is 2. The molecule has 0 atom stereocenters. The van der Waals surface area contributed by atoms with Gasteiger partial charge in [0, 0.05) is 5.56 Å². The molecule has 0 aliphatic heterocycles. The number of carbonyl (C=O) groups excluding carboxylic acids is 1. The first-order valence-corrected chi connectivity index (χ1v) is 9.01. The molecule has 1 heterocycles. The third kappa shape index (κ3) is 4.53. The van der Waals surface area contributed by atoms with E-state index >= 15 is 0 Å². The van der Waals surface area contributed by atoms with E-state index in [0.29, 0.717) is 28.6 Å². The number of hydrogen-bond acceptors (Lipinski definition) is 2. The van der Waals surface area contributed by atoms with Crippen molar-refractivity contribution in [1.82, 2.24) is 15.1 Å². The van der Waals surface area contributed by atoms with Crippen LogP contribution < -0.4 is 10.2 Å². The van der Waals surface area contributed by atoms with Crippen molar-refractivity contribution in [3.63, 3.8) is 0 Å². The number of halogens is 2. The van der Waals surface area contributed by atoms with Crippen molar-refractivity contribution in [3.05, 3.63) is 71.1 Å². The van der Waals surface area contributed by atoms with Gasteiger partial charge in [-0.3, -0.25) is 4.79 Å². The average Bonchev–Trinajstić information content (AvgIpc) is 3.07. The summed E-state index contributed by atoms with van der Waals surface area (Å²) in [6.45, 7) is 1.34. The van der Waals surface area contributed by atoms with Crippen LogP contribution >= 0.6 is 11.6 Å². The summed E-state index contributed by atoms with van der Waals surface area (Å²) in [5.41, 5.74) is 2.27. The Morgan fingerprint density at radius 1 is 1.19 bits per heavy atom. The summed E-state index contributed by atoms with van der Waals surface area (Å²) >= 11 is 6.28. The highest BCUT2D eigenvalue weighted by Gasteiger charge is 2.18. The Morgan fingerprint density at radius 2 is 1.89 bits per heavy atom. The summed E-state index contributed by atoms with van der Waals surface area (Å²) in [5, 5.41) is 8.00. The van der Waals surface area contributed by atoms with Crippen molar-refractivity contribution < 1.29 is 14.1 Å². The third-order valence-electron chi connectivity index (χ3n) is 4.07. The quantitative estimate of drug-likeness (QED) is 0.681. The lowest BCUT2D eigenvalue weighted by molar-refractivity contribution is -0.856. The Bertz CT molecular complexity index is 937. The first-order chi connectivity index (χ1) is 13.0. The van der Waals surface area contributed by atoms with Crippen LogP contribution in [0.1, 0.15) is 10.5 Å². The molecule has 3 aromatic rings. The molecule has 0 aliphatic rings. The van der Waals surface area contributed by atoms with E-state index in [1.165, 1.54) is 21.7 Å². The minimum Gasteiger partial charge on any atom is -0.345 e. The Hall–Kier alpha value is -2.70. The van der Waals surface area contributed by atoms with Crippen molar-refractivity contribution in [2.24, 2.45) is 0 Å². The number of carbonyl (C=O) groups is 1. The zero-order valence-corrected chi connectivity index (χ0v) is 15.9. The number of likely N-dealkylation sites (N-methyl/N-ethyl adjacent to an activating group) is 1. The molecule has 27 heavy (non-hydrogen) atoms. The fourth-order valence-corrected chi connectivity index (χ4v) is 2.87. The molecule has 1 amide bonds. The SMILES string of the molecule is C[NH+](C)CCNC(=O)c1cc(-c2ccccc2Cl)nn1-c1ccc(F)cc1.